The standard InChI is InChI=1S/C29H32Cl2N2O2/c1-14-15(2)19(6)27-26(18(14)5)32-25(33-27)13-35-29-21(8)17(4)16(3)20(7)28(29)34-12-22-9-10-23(30)11-24(22)31/h9-11H,12-13H2,1-8H3,(H,32,33). The van der Waals surface area contributed by atoms with E-state index in [-0.39, 0.29) is 0 Å². The van der Waals surface area contributed by atoms with Crippen molar-refractivity contribution >= 4 is 34.2 Å². The van der Waals surface area contributed by atoms with Gasteiger partial charge in [-0.3, -0.25) is 0 Å². The summed E-state index contributed by atoms with van der Waals surface area (Å²) in [7, 11) is 0. The molecule has 4 rings (SSSR count). The number of aryl methyl sites for hydroxylation is 2. The Kier molecular flexibility index (Phi) is 7.08. The van der Waals surface area contributed by atoms with Crippen molar-refractivity contribution in [3.05, 3.63) is 84.1 Å². The minimum Gasteiger partial charge on any atom is -0.485 e. The highest BCUT2D eigenvalue weighted by Crippen LogP contribution is 2.40. The molecule has 1 heterocycles. The first-order chi connectivity index (χ1) is 16.5. The lowest BCUT2D eigenvalue weighted by Gasteiger charge is -2.21. The van der Waals surface area contributed by atoms with Crippen molar-refractivity contribution in [2.45, 2.75) is 68.6 Å². The van der Waals surface area contributed by atoms with Gasteiger partial charge in [-0.25, -0.2) is 4.98 Å². The number of rotatable bonds is 6. The van der Waals surface area contributed by atoms with Crippen molar-refractivity contribution in [1.29, 1.82) is 0 Å². The smallest absolute Gasteiger partial charge is 0.165 e. The van der Waals surface area contributed by atoms with Crippen LogP contribution in [0.4, 0.5) is 0 Å². The first-order valence-electron chi connectivity index (χ1n) is 11.8. The van der Waals surface area contributed by atoms with Crippen LogP contribution in [-0.2, 0) is 13.2 Å². The monoisotopic (exact) mass is 510 g/mol. The van der Waals surface area contributed by atoms with Crippen LogP contribution < -0.4 is 9.47 Å². The highest BCUT2D eigenvalue weighted by molar-refractivity contribution is 6.35. The predicted molar refractivity (Wildman–Crippen MR) is 146 cm³/mol. The van der Waals surface area contributed by atoms with Crippen LogP contribution in [0.2, 0.25) is 10.0 Å². The van der Waals surface area contributed by atoms with Crippen LogP contribution in [0.1, 0.15) is 55.9 Å². The molecule has 4 nitrogen and oxygen atoms in total. The molecule has 0 aliphatic carbocycles. The molecule has 0 unspecified atom stereocenters. The van der Waals surface area contributed by atoms with Crippen LogP contribution in [0, 0.1) is 55.4 Å². The molecule has 0 radical (unpaired) electrons. The summed E-state index contributed by atoms with van der Waals surface area (Å²) >= 11 is 12.4. The predicted octanol–water partition coefficient (Wildman–Crippen LogP) is 8.50. The summed E-state index contributed by atoms with van der Waals surface area (Å²) in [5, 5.41) is 1.18. The zero-order valence-corrected chi connectivity index (χ0v) is 23.2. The van der Waals surface area contributed by atoms with Crippen LogP contribution in [0.15, 0.2) is 18.2 Å². The van der Waals surface area contributed by atoms with E-state index in [0.717, 1.165) is 45.0 Å². The lowest BCUT2D eigenvalue weighted by atomic mass is 9.97. The zero-order chi connectivity index (χ0) is 25.6. The van der Waals surface area contributed by atoms with E-state index in [1.807, 2.05) is 12.1 Å². The normalized spacial score (nSPS) is 11.4. The van der Waals surface area contributed by atoms with E-state index >= 15 is 0 Å². The first-order valence-corrected chi connectivity index (χ1v) is 12.5. The minimum absolute atomic E-state index is 0.312. The summed E-state index contributed by atoms with van der Waals surface area (Å²) in [5.41, 5.74) is 12.4. The lowest BCUT2D eigenvalue weighted by molar-refractivity contribution is 0.249. The second-order valence-corrected chi connectivity index (χ2v) is 10.2. The number of ether oxygens (including phenoxy) is 2. The van der Waals surface area contributed by atoms with E-state index in [0.29, 0.717) is 23.3 Å². The Morgan fingerprint density at radius 3 is 1.83 bits per heavy atom. The molecule has 6 heteroatoms. The Hall–Kier alpha value is -2.69. The molecule has 0 spiro atoms. The van der Waals surface area contributed by atoms with Crippen molar-refractivity contribution in [2.24, 2.45) is 0 Å². The van der Waals surface area contributed by atoms with Gasteiger partial charge in [-0.15, -0.1) is 0 Å². The summed E-state index contributed by atoms with van der Waals surface area (Å²) < 4.78 is 12.7. The van der Waals surface area contributed by atoms with Gasteiger partial charge in [-0.05, 0) is 112 Å². The van der Waals surface area contributed by atoms with Gasteiger partial charge in [0, 0.05) is 15.6 Å². The molecule has 3 aromatic carbocycles. The number of hydrogen-bond acceptors (Lipinski definition) is 3. The molecule has 1 N–H and O–H groups in total. The lowest BCUT2D eigenvalue weighted by Crippen LogP contribution is -2.07. The fourth-order valence-corrected chi connectivity index (χ4v) is 4.94. The number of fused-ring (bicyclic) bond motifs is 1. The molecular weight excluding hydrogens is 479 g/mol. The number of halogens is 2. The molecule has 0 saturated heterocycles. The van der Waals surface area contributed by atoms with Crippen LogP contribution in [0.3, 0.4) is 0 Å². The number of nitrogens with zero attached hydrogens (tertiary/aromatic N) is 1. The fraction of sp³-hybridized carbons (Fsp3) is 0.345. The summed E-state index contributed by atoms with van der Waals surface area (Å²) in [6.45, 7) is 17.6. The molecule has 0 saturated carbocycles. The molecule has 0 aliphatic rings. The molecule has 0 amide bonds. The maximum absolute atomic E-state index is 6.41. The zero-order valence-electron chi connectivity index (χ0n) is 21.7. The third-order valence-corrected chi connectivity index (χ3v) is 8.07. The number of hydrogen-bond donors (Lipinski definition) is 1. The number of H-pyrrole nitrogens is 1. The van der Waals surface area contributed by atoms with E-state index in [1.165, 1.54) is 33.4 Å². The number of aromatic nitrogens is 2. The fourth-order valence-electron chi connectivity index (χ4n) is 4.48. The van der Waals surface area contributed by atoms with Gasteiger partial charge in [-0.1, -0.05) is 29.3 Å². The minimum atomic E-state index is 0.312. The van der Waals surface area contributed by atoms with Crippen molar-refractivity contribution in [3.63, 3.8) is 0 Å². The van der Waals surface area contributed by atoms with E-state index < -0.39 is 0 Å². The topological polar surface area (TPSA) is 47.1 Å². The Labute approximate surface area is 217 Å². The van der Waals surface area contributed by atoms with Gasteiger partial charge in [0.15, 0.2) is 11.5 Å². The van der Waals surface area contributed by atoms with E-state index in [4.69, 9.17) is 37.7 Å². The van der Waals surface area contributed by atoms with Crippen molar-refractivity contribution in [1.82, 2.24) is 9.97 Å². The Morgan fingerprint density at radius 1 is 0.686 bits per heavy atom. The first kappa shape index (κ1) is 25.4. The second kappa shape index (κ2) is 9.75. The van der Waals surface area contributed by atoms with Gasteiger partial charge >= 0.3 is 0 Å². The Bertz CT molecular complexity index is 1410. The van der Waals surface area contributed by atoms with Gasteiger partial charge in [-0.2, -0.15) is 0 Å². The van der Waals surface area contributed by atoms with E-state index in [9.17, 15) is 0 Å². The maximum atomic E-state index is 6.41. The molecule has 184 valence electrons. The largest absolute Gasteiger partial charge is 0.485 e. The Morgan fingerprint density at radius 2 is 1.23 bits per heavy atom. The van der Waals surface area contributed by atoms with Gasteiger partial charge in [0.05, 0.1) is 11.0 Å². The SMILES string of the molecule is Cc1c(C)c(C)c(OCc2ccc(Cl)cc2Cl)c(OCc2nc3c(C)c(C)c(C)c(C)c3[nH]2)c1C. The maximum Gasteiger partial charge on any atom is 0.165 e. The average molecular weight is 511 g/mol. The summed E-state index contributed by atoms with van der Waals surface area (Å²) in [6, 6.07) is 5.43. The third kappa shape index (κ3) is 4.62. The average Bonchev–Trinajstić information content (AvgIpc) is 3.26. The van der Waals surface area contributed by atoms with Gasteiger partial charge < -0.3 is 14.5 Å². The number of aromatic amines is 1. The van der Waals surface area contributed by atoms with E-state index in [1.54, 1.807) is 6.07 Å². The second-order valence-electron chi connectivity index (χ2n) is 9.38. The molecule has 0 aliphatic heterocycles. The molecule has 0 fully saturated rings. The number of benzene rings is 3. The van der Waals surface area contributed by atoms with E-state index in [2.05, 4.69) is 60.4 Å². The molecule has 35 heavy (non-hydrogen) atoms. The molecular formula is C29H32Cl2N2O2. The van der Waals surface area contributed by atoms with Gasteiger partial charge in [0.25, 0.3) is 0 Å². The van der Waals surface area contributed by atoms with Crippen LogP contribution >= 0.6 is 23.2 Å². The van der Waals surface area contributed by atoms with Crippen LogP contribution in [0.25, 0.3) is 11.0 Å². The molecule has 0 bridgehead atoms. The van der Waals surface area contributed by atoms with Gasteiger partial charge in [0.2, 0.25) is 0 Å². The third-order valence-electron chi connectivity index (χ3n) is 7.49. The summed E-state index contributed by atoms with van der Waals surface area (Å²) in [6.07, 6.45) is 0. The van der Waals surface area contributed by atoms with Gasteiger partial charge in [0.1, 0.15) is 19.0 Å². The van der Waals surface area contributed by atoms with Crippen molar-refractivity contribution in [2.75, 3.05) is 0 Å². The Balaban J connectivity index is 1.68. The van der Waals surface area contributed by atoms with Crippen LogP contribution in [-0.4, -0.2) is 9.97 Å². The molecule has 4 aromatic rings. The quantitative estimate of drug-likeness (QED) is 0.282. The summed E-state index contributed by atoms with van der Waals surface area (Å²) in [4.78, 5) is 8.36. The molecule has 1 aromatic heterocycles. The highest BCUT2D eigenvalue weighted by atomic mass is 35.5. The number of imidazole rings is 1. The van der Waals surface area contributed by atoms with Crippen molar-refractivity contribution < 1.29 is 9.47 Å². The number of nitrogens with one attached hydrogen (secondary N) is 1. The highest BCUT2D eigenvalue weighted by Gasteiger charge is 2.20. The van der Waals surface area contributed by atoms with Crippen LogP contribution in [0.5, 0.6) is 11.5 Å². The van der Waals surface area contributed by atoms with Crippen molar-refractivity contribution in [3.8, 4) is 11.5 Å². The molecule has 0 atom stereocenters. The summed E-state index contributed by atoms with van der Waals surface area (Å²) in [5.74, 6) is 2.25.